The molecule has 3 heterocycles. The zero-order valence-corrected chi connectivity index (χ0v) is 14.6. The predicted molar refractivity (Wildman–Crippen MR) is 86.2 cm³/mol. The Labute approximate surface area is 140 Å². The molecule has 1 aromatic rings. The van der Waals surface area contributed by atoms with Crippen molar-refractivity contribution >= 4 is 39.7 Å². The third-order valence-electron chi connectivity index (χ3n) is 4.09. The van der Waals surface area contributed by atoms with Gasteiger partial charge >= 0.3 is 5.97 Å². The minimum Gasteiger partial charge on any atom is -0.465 e. The van der Waals surface area contributed by atoms with Crippen molar-refractivity contribution in [1.29, 1.82) is 0 Å². The van der Waals surface area contributed by atoms with Crippen LogP contribution in [0.2, 0.25) is 0 Å². The molecule has 0 aliphatic carbocycles. The minimum absolute atomic E-state index is 0. The van der Waals surface area contributed by atoms with Gasteiger partial charge in [-0.05, 0) is 25.3 Å². The Balaban J connectivity index is 0.00000176. The van der Waals surface area contributed by atoms with Crippen molar-refractivity contribution in [3.8, 4) is 0 Å². The summed E-state index contributed by atoms with van der Waals surface area (Å²) in [5, 5.41) is 4.97. The van der Waals surface area contributed by atoms with Crippen LogP contribution in [0, 0.1) is 0 Å². The number of nitrogens with zero attached hydrogens (tertiary/aromatic N) is 1. The number of nitrogens with one attached hydrogen (secondary N) is 1. The molecular weight excluding hydrogens is 348 g/mol. The molecule has 2 fully saturated rings. The molecule has 2 atom stereocenters. The molecule has 0 amide bonds. The highest BCUT2D eigenvalue weighted by atomic mass is 35.5. The summed E-state index contributed by atoms with van der Waals surface area (Å²) in [5.41, 5.74) is 0. The summed E-state index contributed by atoms with van der Waals surface area (Å²) in [6.45, 7) is 1.03. The number of rotatable bonds is 3. The molecule has 0 saturated carbocycles. The lowest BCUT2D eigenvalue weighted by Crippen LogP contribution is -2.38. The van der Waals surface area contributed by atoms with Gasteiger partial charge in [0.2, 0.25) is 10.0 Å². The van der Waals surface area contributed by atoms with Crippen molar-refractivity contribution < 1.29 is 17.9 Å². The monoisotopic (exact) mass is 366 g/mol. The first-order valence-electron chi connectivity index (χ1n) is 6.94. The maximum absolute atomic E-state index is 12.7. The highest BCUT2D eigenvalue weighted by Gasteiger charge is 2.35. The molecule has 2 aliphatic rings. The maximum atomic E-state index is 12.7. The average Bonchev–Trinajstić information content (AvgIpc) is 3.05. The molecule has 124 valence electrons. The maximum Gasteiger partial charge on any atom is 0.348 e. The number of ether oxygens (including phenoxy) is 1. The van der Waals surface area contributed by atoms with E-state index in [-0.39, 0.29) is 23.3 Å². The number of halogens is 1. The fraction of sp³-hybridized carbons (Fsp3) is 0.615. The summed E-state index contributed by atoms with van der Waals surface area (Å²) in [6, 6.07) is 2.08. The van der Waals surface area contributed by atoms with Gasteiger partial charge in [-0.2, -0.15) is 4.31 Å². The number of hydrogen-bond donors (Lipinski definition) is 1. The van der Waals surface area contributed by atoms with Gasteiger partial charge in [0.1, 0.15) is 4.88 Å². The number of hydrogen-bond acceptors (Lipinski definition) is 6. The normalized spacial score (nSPS) is 25.3. The van der Waals surface area contributed by atoms with Crippen molar-refractivity contribution in [3.63, 3.8) is 0 Å². The SMILES string of the molecule is COC(=O)c1cc(S(=O)(=O)N2CCC3CCC(C2)N3)cs1.Cl. The van der Waals surface area contributed by atoms with Gasteiger partial charge in [0, 0.05) is 30.6 Å². The van der Waals surface area contributed by atoms with Crippen molar-refractivity contribution in [3.05, 3.63) is 16.3 Å². The van der Waals surface area contributed by atoms with Crippen LogP contribution in [-0.4, -0.2) is 51.0 Å². The van der Waals surface area contributed by atoms with E-state index in [1.165, 1.54) is 22.9 Å². The van der Waals surface area contributed by atoms with Crippen molar-refractivity contribution in [1.82, 2.24) is 9.62 Å². The first-order valence-corrected chi connectivity index (χ1v) is 9.25. The quantitative estimate of drug-likeness (QED) is 0.820. The second kappa shape index (κ2) is 6.84. The second-order valence-electron chi connectivity index (χ2n) is 5.43. The van der Waals surface area contributed by atoms with Crippen LogP contribution in [0.25, 0.3) is 0 Å². The highest BCUT2D eigenvalue weighted by molar-refractivity contribution is 7.89. The van der Waals surface area contributed by atoms with Crippen LogP contribution >= 0.6 is 23.7 Å². The van der Waals surface area contributed by atoms with Gasteiger partial charge in [0.05, 0.1) is 12.0 Å². The van der Waals surface area contributed by atoms with E-state index in [1.54, 1.807) is 0 Å². The van der Waals surface area contributed by atoms with E-state index in [1.807, 2.05) is 0 Å². The third-order valence-corrected chi connectivity index (χ3v) is 6.99. The summed E-state index contributed by atoms with van der Waals surface area (Å²) >= 11 is 1.10. The van der Waals surface area contributed by atoms with E-state index in [2.05, 4.69) is 10.1 Å². The van der Waals surface area contributed by atoms with Crippen LogP contribution in [0.5, 0.6) is 0 Å². The highest BCUT2D eigenvalue weighted by Crippen LogP contribution is 2.27. The molecule has 2 saturated heterocycles. The van der Waals surface area contributed by atoms with Gasteiger partial charge in [0.25, 0.3) is 0 Å². The Kier molecular flexibility index (Phi) is 5.50. The van der Waals surface area contributed by atoms with E-state index >= 15 is 0 Å². The van der Waals surface area contributed by atoms with Gasteiger partial charge in [-0.25, -0.2) is 13.2 Å². The lowest BCUT2D eigenvalue weighted by molar-refractivity contribution is 0.0606. The zero-order chi connectivity index (χ0) is 15.0. The fourth-order valence-corrected chi connectivity index (χ4v) is 5.62. The van der Waals surface area contributed by atoms with Gasteiger partial charge < -0.3 is 10.1 Å². The number of methoxy groups -OCH3 is 1. The molecule has 0 radical (unpaired) electrons. The van der Waals surface area contributed by atoms with Crippen molar-refractivity contribution in [2.75, 3.05) is 20.2 Å². The number of carbonyl (C=O) groups is 1. The van der Waals surface area contributed by atoms with Crippen LogP contribution in [-0.2, 0) is 14.8 Å². The van der Waals surface area contributed by atoms with Gasteiger partial charge in [-0.1, -0.05) is 0 Å². The summed E-state index contributed by atoms with van der Waals surface area (Å²) in [6.07, 6.45) is 2.99. The standard InChI is InChI=1S/C13H18N2O4S2.ClH/c1-19-13(16)12-6-11(8-20-12)21(17,18)15-5-4-9-2-3-10(7-15)14-9;/h6,8-10,14H,2-5,7H2,1H3;1H. The number of sulfonamides is 1. The molecule has 0 spiro atoms. The van der Waals surface area contributed by atoms with Gasteiger partial charge in [-0.15, -0.1) is 23.7 Å². The van der Waals surface area contributed by atoms with Crippen LogP contribution in [0.15, 0.2) is 16.3 Å². The molecule has 1 N–H and O–H groups in total. The number of thiophene rings is 1. The predicted octanol–water partition coefficient (Wildman–Crippen LogP) is 1.47. The molecule has 1 aromatic heterocycles. The lowest BCUT2D eigenvalue weighted by Gasteiger charge is -2.23. The average molecular weight is 367 g/mol. The van der Waals surface area contributed by atoms with E-state index in [0.717, 1.165) is 30.6 Å². The summed E-state index contributed by atoms with van der Waals surface area (Å²) in [5.74, 6) is -0.502. The first kappa shape index (κ1) is 17.7. The van der Waals surface area contributed by atoms with E-state index < -0.39 is 16.0 Å². The summed E-state index contributed by atoms with van der Waals surface area (Å²) in [4.78, 5) is 12.0. The lowest BCUT2D eigenvalue weighted by atomic mass is 10.1. The fourth-order valence-electron chi connectivity index (χ4n) is 2.94. The van der Waals surface area contributed by atoms with Crippen LogP contribution in [0.3, 0.4) is 0 Å². The zero-order valence-electron chi connectivity index (χ0n) is 12.1. The van der Waals surface area contributed by atoms with Gasteiger partial charge in [-0.3, -0.25) is 0 Å². The molecule has 3 rings (SSSR count). The van der Waals surface area contributed by atoms with E-state index in [4.69, 9.17) is 0 Å². The minimum atomic E-state index is -3.53. The molecule has 2 bridgehead atoms. The van der Waals surface area contributed by atoms with E-state index in [0.29, 0.717) is 24.0 Å². The second-order valence-corrected chi connectivity index (χ2v) is 8.28. The van der Waals surface area contributed by atoms with Crippen LogP contribution in [0.1, 0.15) is 28.9 Å². The molecule has 2 unspecified atom stereocenters. The molecule has 6 nitrogen and oxygen atoms in total. The van der Waals surface area contributed by atoms with Crippen LogP contribution < -0.4 is 5.32 Å². The number of carbonyl (C=O) groups excluding carboxylic acids is 1. The molecule has 2 aliphatic heterocycles. The smallest absolute Gasteiger partial charge is 0.348 e. The Morgan fingerprint density at radius 1 is 1.36 bits per heavy atom. The molecular formula is C13H19ClN2O4S2. The number of fused-ring (bicyclic) bond motifs is 2. The Morgan fingerprint density at radius 2 is 2.09 bits per heavy atom. The molecule has 9 heteroatoms. The topological polar surface area (TPSA) is 75.7 Å². The van der Waals surface area contributed by atoms with Crippen molar-refractivity contribution in [2.45, 2.75) is 36.2 Å². The Hall–Kier alpha value is -0.670. The Morgan fingerprint density at radius 3 is 2.82 bits per heavy atom. The largest absolute Gasteiger partial charge is 0.465 e. The third kappa shape index (κ3) is 3.30. The van der Waals surface area contributed by atoms with Crippen LogP contribution in [0.4, 0.5) is 0 Å². The first-order chi connectivity index (χ1) is 10.0. The molecule has 0 aromatic carbocycles. The Bertz CT molecular complexity index is 646. The number of esters is 1. The molecule has 22 heavy (non-hydrogen) atoms. The summed E-state index contributed by atoms with van der Waals surface area (Å²) < 4.78 is 31.5. The summed E-state index contributed by atoms with van der Waals surface area (Å²) in [7, 11) is -2.25. The van der Waals surface area contributed by atoms with Crippen molar-refractivity contribution in [2.24, 2.45) is 0 Å². The van der Waals surface area contributed by atoms with Gasteiger partial charge in [0.15, 0.2) is 0 Å². The van der Waals surface area contributed by atoms with E-state index in [9.17, 15) is 13.2 Å².